The molecule has 0 fully saturated rings. The highest BCUT2D eigenvalue weighted by Crippen LogP contribution is 2.47. The van der Waals surface area contributed by atoms with Crippen LogP contribution in [0.1, 0.15) is 13.3 Å². The fraction of sp³-hybridized carbons (Fsp3) is 1.00. The zero-order valence-electron chi connectivity index (χ0n) is 7.61. The molecule has 0 aromatic heterocycles. The molecule has 0 bridgehead atoms. The first-order valence-corrected chi connectivity index (χ1v) is 4.50. The van der Waals surface area contributed by atoms with Crippen LogP contribution >= 0.6 is 20.2 Å². The smallest absolute Gasteiger partial charge is 0.344 e. The van der Waals surface area contributed by atoms with Gasteiger partial charge in [0, 0.05) is 14.2 Å². The van der Waals surface area contributed by atoms with E-state index < -0.39 is 7.82 Å². The van der Waals surface area contributed by atoms with Crippen LogP contribution in [-0.4, -0.2) is 20.8 Å². The Morgan fingerprint density at radius 3 is 1.92 bits per heavy atom. The normalized spacial score (nSPS) is 9.92. The van der Waals surface area contributed by atoms with Crippen molar-refractivity contribution in [2.45, 2.75) is 13.3 Å². The summed E-state index contributed by atoms with van der Waals surface area (Å²) >= 11 is 0. The minimum atomic E-state index is -3.20. The molecule has 0 aliphatic rings. The molecule has 7 heteroatoms. The molecule has 0 radical (unpaired) electrons. The number of phosphoric acid groups is 1. The first-order valence-electron chi connectivity index (χ1n) is 3.04. The van der Waals surface area contributed by atoms with Gasteiger partial charge in [-0.15, -0.1) is 12.4 Å². The molecular weight excluding hydrogens is 204 g/mol. The first-order chi connectivity index (χ1) is 4.68. The van der Waals surface area contributed by atoms with E-state index in [1.165, 1.54) is 14.2 Å². The Labute approximate surface area is 79.4 Å². The van der Waals surface area contributed by atoms with Crippen LogP contribution in [0, 0.1) is 0 Å². The van der Waals surface area contributed by atoms with Gasteiger partial charge >= 0.3 is 7.82 Å². The molecule has 0 atom stereocenters. The summed E-state index contributed by atoms with van der Waals surface area (Å²) in [5.41, 5.74) is 0. The summed E-state index contributed by atoms with van der Waals surface area (Å²) in [6, 6.07) is 0. The third-order valence-corrected chi connectivity index (χ3v) is 2.29. The number of halogens is 1. The van der Waals surface area contributed by atoms with Crippen LogP contribution in [0.25, 0.3) is 0 Å². The summed E-state index contributed by atoms with van der Waals surface area (Å²) in [6.07, 6.45) is 0.788. The Morgan fingerprint density at radius 2 is 1.67 bits per heavy atom. The van der Waals surface area contributed by atoms with Crippen LogP contribution in [0.5, 0.6) is 0 Å². The average molecular weight is 222 g/mol. The lowest BCUT2D eigenvalue weighted by atomic mass is 10.5. The maximum Gasteiger partial charge on any atom is 0.474 e. The molecule has 0 rings (SSSR count). The molecular formula is C5H17ClNO4P. The Morgan fingerprint density at radius 1 is 1.25 bits per heavy atom. The minimum Gasteiger partial charge on any atom is -0.344 e. The van der Waals surface area contributed by atoms with Crippen molar-refractivity contribution in [3.63, 3.8) is 0 Å². The second-order valence-corrected chi connectivity index (χ2v) is 3.53. The third-order valence-electron chi connectivity index (χ3n) is 0.901. The zero-order valence-corrected chi connectivity index (χ0v) is 9.32. The molecule has 0 aromatic carbocycles. The van der Waals surface area contributed by atoms with Crippen molar-refractivity contribution in [2.75, 3.05) is 20.8 Å². The van der Waals surface area contributed by atoms with Gasteiger partial charge in [-0.3, -0.25) is 13.6 Å². The van der Waals surface area contributed by atoms with Crippen molar-refractivity contribution in [3.8, 4) is 0 Å². The summed E-state index contributed by atoms with van der Waals surface area (Å²) < 4.78 is 24.8. The molecule has 0 aliphatic heterocycles. The van der Waals surface area contributed by atoms with E-state index in [0.717, 1.165) is 6.42 Å². The monoisotopic (exact) mass is 221 g/mol. The van der Waals surface area contributed by atoms with Gasteiger partial charge in [-0.25, -0.2) is 4.57 Å². The van der Waals surface area contributed by atoms with Gasteiger partial charge in [0.05, 0.1) is 6.61 Å². The molecule has 0 unspecified atom stereocenters. The maximum absolute atomic E-state index is 11.0. The fourth-order valence-corrected chi connectivity index (χ4v) is 1.15. The highest BCUT2D eigenvalue weighted by atomic mass is 35.5. The highest BCUT2D eigenvalue weighted by Gasteiger charge is 2.21. The molecule has 0 spiro atoms. The van der Waals surface area contributed by atoms with E-state index >= 15 is 0 Å². The molecule has 0 aromatic rings. The number of hydrogen-bond donors (Lipinski definition) is 1. The van der Waals surface area contributed by atoms with Crippen molar-refractivity contribution in [3.05, 3.63) is 0 Å². The topological polar surface area (TPSA) is 79.8 Å². The van der Waals surface area contributed by atoms with E-state index in [-0.39, 0.29) is 18.6 Å². The lowest BCUT2D eigenvalue weighted by molar-refractivity contribution is 0.152. The van der Waals surface area contributed by atoms with E-state index in [0.29, 0.717) is 6.61 Å². The minimum absolute atomic E-state index is 0. The van der Waals surface area contributed by atoms with Crippen LogP contribution in [0.3, 0.4) is 0 Å². The van der Waals surface area contributed by atoms with E-state index in [9.17, 15) is 4.57 Å². The number of hydrogen-bond acceptors (Lipinski definition) is 5. The molecule has 0 heterocycles. The summed E-state index contributed by atoms with van der Waals surface area (Å²) in [5, 5.41) is 0. The number of phosphoric ester groups is 1. The van der Waals surface area contributed by atoms with Crippen LogP contribution in [-0.2, 0) is 18.1 Å². The summed E-state index contributed by atoms with van der Waals surface area (Å²) in [7, 11) is -0.614. The number of rotatable bonds is 5. The molecule has 78 valence electrons. The average Bonchev–Trinajstić information content (AvgIpc) is 2.00. The van der Waals surface area contributed by atoms with Gasteiger partial charge in [0.2, 0.25) is 0 Å². The second kappa shape index (κ2) is 9.45. The zero-order chi connectivity index (χ0) is 8.04. The van der Waals surface area contributed by atoms with E-state index in [4.69, 9.17) is 4.52 Å². The van der Waals surface area contributed by atoms with Gasteiger partial charge in [0.15, 0.2) is 0 Å². The van der Waals surface area contributed by atoms with E-state index in [1.807, 2.05) is 6.92 Å². The summed E-state index contributed by atoms with van der Waals surface area (Å²) in [4.78, 5) is 0. The van der Waals surface area contributed by atoms with Gasteiger partial charge in [-0.05, 0) is 6.42 Å². The molecule has 0 amide bonds. The molecule has 5 nitrogen and oxygen atoms in total. The van der Waals surface area contributed by atoms with E-state index in [1.54, 1.807) is 0 Å². The predicted octanol–water partition coefficient (Wildman–Crippen LogP) is 2.40. The molecule has 12 heavy (non-hydrogen) atoms. The Balaban J connectivity index is -0.000000405. The predicted molar refractivity (Wildman–Crippen MR) is 50.1 cm³/mol. The SMILES string of the molecule is CCCOP(=O)(OC)OC.Cl.N. The molecule has 0 saturated heterocycles. The van der Waals surface area contributed by atoms with Crippen molar-refractivity contribution in [1.82, 2.24) is 6.15 Å². The first kappa shape index (κ1) is 18.2. The largest absolute Gasteiger partial charge is 0.474 e. The molecule has 0 saturated carbocycles. The maximum atomic E-state index is 11.0. The Kier molecular flexibility index (Phi) is 14.3. The molecule has 0 aliphatic carbocycles. The van der Waals surface area contributed by atoms with Gasteiger partial charge < -0.3 is 6.15 Å². The van der Waals surface area contributed by atoms with E-state index in [2.05, 4.69) is 9.05 Å². The Hall–Kier alpha value is 0.360. The van der Waals surface area contributed by atoms with Gasteiger partial charge in [-0.1, -0.05) is 6.92 Å². The van der Waals surface area contributed by atoms with Crippen LogP contribution in [0.2, 0.25) is 0 Å². The van der Waals surface area contributed by atoms with Crippen molar-refractivity contribution >= 4 is 20.2 Å². The fourth-order valence-electron chi connectivity index (χ4n) is 0.383. The lowest BCUT2D eigenvalue weighted by Crippen LogP contribution is -1.95. The van der Waals surface area contributed by atoms with Crippen molar-refractivity contribution in [1.29, 1.82) is 0 Å². The van der Waals surface area contributed by atoms with Crippen LogP contribution in [0.4, 0.5) is 0 Å². The summed E-state index contributed by atoms with van der Waals surface area (Å²) in [6.45, 7) is 2.30. The Bertz CT molecular complexity index is 127. The standard InChI is InChI=1S/C5H13O4P.ClH.H3N/c1-4-5-9-10(6,7-2)8-3;;/h4-5H2,1-3H3;1H;1H3. The van der Waals surface area contributed by atoms with Gasteiger partial charge in [0.1, 0.15) is 0 Å². The third kappa shape index (κ3) is 7.03. The van der Waals surface area contributed by atoms with Crippen LogP contribution < -0.4 is 6.15 Å². The van der Waals surface area contributed by atoms with Gasteiger partial charge in [-0.2, -0.15) is 0 Å². The van der Waals surface area contributed by atoms with Crippen LogP contribution in [0.15, 0.2) is 0 Å². The van der Waals surface area contributed by atoms with Crippen molar-refractivity contribution < 1.29 is 18.1 Å². The highest BCUT2D eigenvalue weighted by molar-refractivity contribution is 7.48. The quantitative estimate of drug-likeness (QED) is 0.721. The van der Waals surface area contributed by atoms with Crippen molar-refractivity contribution in [2.24, 2.45) is 0 Å². The lowest BCUT2D eigenvalue weighted by Gasteiger charge is -2.11. The molecule has 3 N–H and O–H groups in total. The van der Waals surface area contributed by atoms with Gasteiger partial charge in [0.25, 0.3) is 0 Å². The second-order valence-electron chi connectivity index (χ2n) is 1.65. The summed E-state index contributed by atoms with van der Waals surface area (Å²) in [5.74, 6) is 0.